The number of aldehydes is 1. The Hall–Kier alpha value is -1.61. The van der Waals surface area contributed by atoms with Crippen LogP contribution in [0.1, 0.15) is 70.3 Å². The number of allylic oxidation sites excluding steroid dienone is 2. The van der Waals surface area contributed by atoms with Crippen LogP contribution in [0.2, 0.25) is 0 Å². The van der Waals surface area contributed by atoms with Gasteiger partial charge in [0.05, 0.1) is 6.61 Å². The average molecular weight is 332 g/mol. The van der Waals surface area contributed by atoms with Gasteiger partial charge >= 0.3 is 0 Å². The van der Waals surface area contributed by atoms with E-state index in [4.69, 9.17) is 9.47 Å². The highest BCUT2D eigenvalue weighted by molar-refractivity contribution is 5.69. The van der Waals surface area contributed by atoms with Gasteiger partial charge < -0.3 is 9.47 Å². The monoisotopic (exact) mass is 332 g/mol. The van der Waals surface area contributed by atoms with Gasteiger partial charge in [0.15, 0.2) is 18.8 Å². The molecule has 3 nitrogen and oxygen atoms in total. The van der Waals surface area contributed by atoms with E-state index in [2.05, 4.69) is 6.92 Å². The lowest BCUT2D eigenvalue weighted by molar-refractivity contribution is -0.111. The van der Waals surface area contributed by atoms with E-state index in [-0.39, 0.29) is 6.79 Å². The summed E-state index contributed by atoms with van der Waals surface area (Å²) >= 11 is 0. The summed E-state index contributed by atoms with van der Waals surface area (Å²) in [5, 5.41) is 0. The molecule has 0 spiro atoms. The minimum Gasteiger partial charge on any atom is -0.464 e. The summed E-state index contributed by atoms with van der Waals surface area (Å²) in [6, 6.07) is 9.91. The number of unbranched alkanes of at least 4 members (excludes halogenated alkanes) is 8. The second kappa shape index (κ2) is 14.9. The number of carbonyl (C=O) groups excluding carboxylic acids is 1. The maximum Gasteiger partial charge on any atom is 0.189 e. The van der Waals surface area contributed by atoms with Gasteiger partial charge in [0.25, 0.3) is 0 Å². The van der Waals surface area contributed by atoms with Gasteiger partial charge in [-0.15, -0.1) is 0 Å². The first-order chi connectivity index (χ1) is 11.9. The first kappa shape index (κ1) is 20.4. The van der Waals surface area contributed by atoms with Crippen molar-refractivity contribution in [2.75, 3.05) is 6.79 Å². The molecule has 0 N–H and O–H groups in total. The standard InChI is InChI=1S/C21H32O3/c1-2-3-4-5-6-7-8-9-13-16-21(17-22)24-19-23-18-20-14-11-10-12-15-20/h10-12,14-17H,2-9,13,18-19H2,1H3/b21-16+. The number of hydrogen-bond donors (Lipinski definition) is 0. The van der Waals surface area contributed by atoms with E-state index in [9.17, 15) is 4.79 Å². The molecule has 0 heterocycles. The summed E-state index contributed by atoms with van der Waals surface area (Å²) in [6.07, 6.45) is 13.8. The van der Waals surface area contributed by atoms with Gasteiger partial charge in [0, 0.05) is 0 Å². The fourth-order valence-corrected chi connectivity index (χ4v) is 2.51. The van der Waals surface area contributed by atoms with Crippen LogP contribution in [-0.4, -0.2) is 13.1 Å². The van der Waals surface area contributed by atoms with Crippen molar-refractivity contribution in [3.8, 4) is 0 Å². The van der Waals surface area contributed by atoms with Crippen LogP contribution in [0, 0.1) is 0 Å². The SMILES string of the molecule is CCCCCCCCCC/C=C(\C=O)OCOCc1ccccc1. The molecular formula is C21H32O3. The van der Waals surface area contributed by atoms with Gasteiger partial charge in [-0.3, -0.25) is 4.79 Å². The molecule has 1 rings (SSSR count). The van der Waals surface area contributed by atoms with E-state index in [0.29, 0.717) is 12.4 Å². The van der Waals surface area contributed by atoms with Crippen molar-refractivity contribution >= 4 is 6.29 Å². The van der Waals surface area contributed by atoms with Crippen LogP contribution in [0.15, 0.2) is 42.2 Å². The topological polar surface area (TPSA) is 35.5 Å². The predicted molar refractivity (Wildman–Crippen MR) is 98.6 cm³/mol. The summed E-state index contributed by atoms with van der Waals surface area (Å²) in [4.78, 5) is 11.0. The van der Waals surface area contributed by atoms with Crippen LogP contribution in [0.4, 0.5) is 0 Å². The molecule has 0 saturated carbocycles. The van der Waals surface area contributed by atoms with Crippen molar-refractivity contribution < 1.29 is 14.3 Å². The second-order valence-electron chi connectivity index (χ2n) is 6.08. The third kappa shape index (κ3) is 11.0. The lowest BCUT2D eigenvalue weighted by Gasteiger charge is -2.07. The van der Waals surface area contributed by atoms with E-state index in [1.165, 1.54) is 44.9 Å². The summed E-state index contributed by atoms with van der Waals surface area (Å²) in [6.45, 7) is 2.84. The largest absolute Gasteiger partial charge is 0.464 e. The quantitative estimate of drug-likeness (QED) is 0.134. The second-order valence-corrected chi connectivity index (χ2v) is 6.08. The van der Waals surface area contributed by atoms with Crippen molar-refractivity contribution in [1.29, 1.82) is 0 Å². The summed E-state index contributed by atoms with van der Waals surface area (Å²) < 4.78 is 10.8. The van der Waals surface area contributed by atoms with E-state index >= 15 is 0 Å². The Kier molecular flexibility index (Phi) is 12.7. The van der Waals surface area contributed by atoms with Crippen LogP contribution >= 0.6 is 0 Å². The Morgan fingerprint density at radius 1 is 0.958 bits per heavy atom. The Morgan fingerprint density at radius 3 is 2.29 bits per heavy atom. The maximum absolute atomic E-state index is 11.0. The Balaban J connectivity index is 2.02. The van der Waals surface area contributed by atoms with E-state index in [1.807, 2.05) is 36.4 Å². The van der Waals surface area contributed by atoms with Crippen molar-refractivity contribution in [2.45, 2.75) is 71.3 Å². The van der Waals surface area contributed by atoms with Crippen LogP contribution in [0.25, 0.3) is 0 Å². The van der Waals surface area contributed by atoms with Crippen molar-refractivity contribution in [1.82, 2.24) is 0 Å². The fraction of sp³-hybridized carbons (Fsp3) is 0.571. The number of ether oxygens (including phenoxy) is 2. The van der Waals surface area contributed by atoms with Gasteiger partial charge in [-0.2, -0.15) is 0 Å². The molecule has 134 valence electrons. The van der Waals surface area contributed by atoms with Crippen LogP contribution in [0.3, 0.4) is 0 Å². The molecule has 0 unspecified atom stereocenters. The summed E-state index contributed by atoms with van der Waals surface area (Å²) in [5.74, 6) is 0.381. The smallest absolute Gasteiger partial charge is 0.189 e. The van der Waals surface area contributed by atoms with Gasteiger partial charge in [0.2, 0.25) is 0 Å². The zero-order chi connectivity index (χ0) is 17.3. The van der Waals surface area contributed by atoms with Crippen LogP contribution in [-0.2, 0) is 20.9 Å². The Morgan fingerprint density at radius 2 is 1.62 bits per heavy atom. The van der Waals surface area contributed by atoms with Gasteiger partial charge in [0.1, 0.15) is 0 Å². The normalized spacial score (nSPS) is 11.5. The third-order valence-electron chi connectivity index (χ3n) is 3.94. The molecule has 0 atom stereocenters. The molecule has 0 radical (unpaired) electrons. The highest BCUT2D eigenvalue weighted by Crippen LogP contribution is 2.10. The van der Waals surface area contributed by atoms with E-state index in [1.54, 1.807) is 0 Å². The van der Waals surface area contributed by atoms with E-state index < -0.39 is 0 Å². The van der Waals surface area contributed by atoms with E-state index in [0.717, 1.165) is 24.7 Å². The number of rotatable bonds is 15. The first-order valence-electron chi connectivity index (χ1n) is 9.26. The molecule has 0 saturated heterocycles. The Labute approximate surface area is 147 Å². The molecule has 0 aromatic heterocycles. The zero-order valence-corrected chi connectivity index (χ0v) is 15.0. The van der Waals surface area contributed by atoms with Crippen LogP contribution < -0.4 is 0 Å². The van der Waals surface area contributed by atoms with Gasteiger partial charge in [-0.25, -0.2) is 0 Å². The molecule has 0 amide bonds. The molecule has 3 heteroatoms. The fourth-order valence-electron chi connectivity index (χ4n) is 2.51. The lowest BCUT2D eigenvalue weighted by atomic mass is 10.1. The molecule has 0 aliphatic carbocycles. The molecule has 0 aliphatic rings. The molecule has 0 aliphatic heterocycles. The minimum absolute atomic E-state index is 0.108. The first-order valence-corrected chi connectivity index (χ1v) is 9.26. The number of benzene rings is 1. The third-order valence-corrected chi connectivity index (χ3v) is 3.94. The summed E-state index contributed by atoms with van der Waals surface area (Å²) in [5.41, 5.74) is 1.09. The predicted octanol–water partition coefficient (Wildman–Crippen LogP) is 5.79. The molecule has 0 bridgehead atoms. The van der Waals surface area contributed by atoms with Crippen molar-refractivity contribution in [3.63, 3.8) is 0 Å². The highest BCUT2D eigenvalue weighted by Gasteiger charge is 1.97. The van der Waals surface area contributed by atoms with Crippen molar-refractivity contribution in [2.24, 2.45) is 0 Å². The lowest BCUT2D eigenvalue weighted by Crippen LogP contribution is -2.01. The highest BCUT2D eigenvalue weighted by atomic mass is 16.7. The average Bonchev–Trinajstić information content (AvgIpc) is 2.63. The molecular weight excluding hydrogens is 300 g/mol. The minimum atomic E-state index is 0.108. The zero-order valence-electron chi connectivity index (χ0n) is 15.0. The summed E-state index contributed by atoms with van der Waals surface area (Å²) in [7, 11) is 0. The Bertz CT molecular complexity index is 440. The molecule has 1 aromatic rings. The van der Waals surface area contributed by atoms with Gasteiger partial charge in [-0.1, -0.05) is 82.2 Å². The molecule has 24 heavy (non-hydrogen) atoms. The molecule has 0 fully saturated rings. The van der Waals surface area contributed by atoms with Crippen molar-refractivity contribution in [3.05, 3.63) is 47.7 Å². The molecule has 1 aromatic carbocycles. The number of carbonyl (C=O) groups is 1. The number of hydrogen-bond acceptors (Lipinski definition) is 3. The van der Waals surface area contributed by atoms with Crippen LogP contribution in [0.5, 0.6) is 0 Å². The maximum atomic E-state index is 11.0. The van der Waals surface area contributed by atoms with Gasteiger partial charge in [-0.05, 0) is 24.5 Å².